The van der Waals surface area contributed by atoms with E-state index < -0.39 is 0 Å². The van der Waals surface area contributed by atoms with Crippen LogP contribution in [0.2, 0.25) is 0 Å². The Kier molecular flexibility index (Phi) is 3.40. The van der Waals surface area contributed by atoms with Gasteiger partial charge in [0.1, 0.15) is 11.4 Å². The van der Waals surface area contributed by atoms with E-state index in [9.17, 15) is 0 Å². The molecule has 2 unspecified atom stereocenters. The first-order chi connectivity index (χ1) is 11.6. The van der Waals surface area contributed by atoms with Gasteiger partial charge in [-0.15, -0.1) is 10.2 Å². The van der Waals surface area contributed by atoms with Gasteiger partial charge in [-0.05, 0) is 25.3 Å². The second kappa shape index (κ2) is 5.47. The number of rotatable bonds is 3. The topological polar surface area (TPSA) is 68.8 Å². The first-order valence-electron chi connectivity index (χ1n) is 8.31. The predicted molar refractivity (Wildman–Crippen MR) is 91.6 cm³/mol. The quantitative estimate of drug-likeness (QED) is 0.791. The summed E-state index contributed by atoms with van der Waals surface area (Å²) in [6.07, 6.45) is 3.79. The van der Waals surface area contributed by atoms with Gasteiger partial charge in [-0.25, -0.2) is 4.68 Å². The number of hydrogen-bond donors (Lipinski definition) is 1. The second-order valence-electron chi connectivity index (χ2n) is 6.61. The van der Waals surface area contributed by atoms with Crippen LogP contribution in [0.25, 0.3) is 11.5 Å². The van der Waals surface area contributed by atoms with Gasteiger partial charge < -0.3 is 9.73 Å². The highest BCUT2D eigenvalue weighted by atomic mass is 16.4. The molecule has 6 heteroatoms. The van der Waals surface area contributed by atoms with Crippen LogP contribution in [0, 0.1) is 6.92 Å². The van der Waals surface area contributed by atoms with E-state index >= 15 is 0 Å². The third kappa shape index (κ3) is 2.29. The Balaban J connectivity index is 1.81. The van der Waals surface area contributed by atoms with Crippen molar-refractivity contribution in [3.8, 4) is 11.5 Å². The van der Waals surface area contributed by atoms with E-state index in [1.54, 1.807) is 6.92 Å². The van der Waals surface area contributed by atoms with Gasteiger partial charge in [0.15, 0.2) is 0 Å². The number of fused-ring (bicyclic) bond motifs is 1. The zero-order chi connectivity index (χ0) is 16.7. The molecule has 1 N–H and O–H groups in total. The van der Waals surface area contributed by atoms with Gasteiger partial charge in [-0.1, -0.05) is 37.3 Å². The fourth-order valence-electron chi connectivity index (χ4n) is 3.38. The van der Waals surface area contributed by atoms with Crippen molar-refractivity contribution in [1.82, 2.24) is 20.0 Å². The van der Waals surface area contributed by atoms with E-state index in [1.165, 1.54) is 5.56 Å². The highest BCUT2D eigenvalue weighted by molar-refractivity contribution is 5.70. The molecule has 0 aliphatic carbocycles. The van der Waals surface area contributed by atoms with Gasteiger partial charge in [0.25, 0.3) is 5.89 Å². The zero-order valence-electron chi connectivity index (χ0n) is 14.2. The third-order valence-corrected chi connectivity index (χ3v) is 4.96. The van der Waals surface area contributed by atoms with Gasteiger partial charge >= 0.3 is 0 Å². The molecular weight excluding hydrogens is 302 g/mol. The molecule has 2 aromatic heterocycles. The number of aryl methyl sites for hydroxylation is 1. The lowest BCUT2D eigenvalue weighted by Crippen LogP contribution is -2.39. The minimum atomic E-state index is -0.0611. The summed E-state index contributed by atoms with van der Waals surface area (Å²) >= 11 is 0. The van der Waals surface area contributed by atoms with Gasteiger partial charge in [0.2, 0.25) is 5.89 Å². The molecular formula is C18H21N5O. The van der Waals surface area contributed by atoms with Gasteiger partial charge in [-0.2, -0.15) is 5.10 Å². The summed E-state index contributed by atoms with van der Waals surface area (Å²) in [6, 6.07) is 10.8. The van der Waals surface area contributed by atoms with E-state index in [0.717, 1.165) is 24.2 Å². The van der Waals surface area contributed by atoms with E-state index in [0.29, 0.717) is 11.8 Å². The number of nitrogens with zero attached hydrogens (tertiary/aromatic N) is 4. The largest absolute Gasteiger partial charge is 0.421 e. The fraction of sp³-hybridized carbons (Fsp3) is 0.389. The maximum absolute atomic E-state index is 5.62. The highest BCUT2D eigenvalue weighted by Crippen LogP contribution is 2.43. The van der Waals surface area contributed by atoms with Crippen molar-refractivity contribution < 1.29 is 4.42 Å². The van der Waals surface area contributed by atoms with Crippen LogP contribution in [0.1, 0.15) is 44.2 Å². The van der Waals surface area contributed by atoms with Crippen LogP contribution >= 0.6 is 0 Å². The van der Waals surface area contributed by atoms with E-state index in [1.807, 2.05) is 12.3 Å². The second-order valence-corrected chi connectivity index (χ2v) is 6.61. The fourth-order valence-corrected chi connectivity index (χ4v) is 3.38. The predicted octanol–water partition coefficient (Wildman–Crippen LogP) is 3.92. The molecule has 2 atom stereocenters. The molecule has 0 bridgehead atoms. The van der Waals surface area contributed by atoms with Gasteiger partial charge in [-0.3, -0.25) is 0 Å². The monoisotopic (exact) mass is 323 g/mol. The molecule has 4 rings (SSSR count). The lowest BCUT2D eigenvalue weighted by atomic mass is 9.85. The lowest BCUT2D eigenvalue weighted by Gasteiger charge is -2.40. The Hall–Kier alpha value is -2.63. The number of anilines is 1. The van der Waals surface area contributed by atoms with Crippen molar-refractivity contribution in [2.45, 2.75) is 45.2 Å². The maximum Gasteiger partial charge on any atom is 0.253 e. The molecule has 1 aromatic carbocycles. The molecule has 1 aliphatic heterocycles. The summed E-state index contributed by atoms with van der Waals surface area (Å²) in [6.45, 7) is 6.25. The van der Waals surface area contributed by atoms with Crippen molar-refractivity contribution in [3.63, 3.8) is 0 Å². The van der Waals surface area contributed by atoms with Crippen molar-refractivity contribution >= 4 is 5.82 Å². The van der Waals surface area contributed by atoms with Crippen LogP contribution in [0.3, 0.4) is 0 Å². The van der Waals surface area contributed by atoms with Gasteiger partial charge in [0, 0.05) is 6.92 Å². The summed E-state index contributed by atoms with van der Waals surface area (Å²) in [4.78, 5) is 0. The molecule has 3 heterocycles. The summed E-state index contributed by atoms with van der Waals surface area (Å²) in [5, 5.41) is 16.4. The highest BCUT2D eigenvalue weighted by Gasteiger charge is 2.38. The standard InChI is InChI=1S/C18H21N5O/c1-4-18(3)10-15(13-8-6-5-7-9-13)20-16-14(11-19-23(16)18)17-22-21-12(2)24-17/h5-9,11,15,20H,4,10H2,1-3H3. The Bertz CT molecular complexity index is 853. The molecule has 0 amide bonds. The average molecular weight is 323 g/mol. The van der Waals surface area contributed by atoms with Crippen molar-refractivity contribution in [1.29, 1.82) is 0 Å². The Morgan fingerprint density at radius 1 is 1.29 bits per heavy atom. The van der Waals surface area contributed by atoms with Crippen LogP contribution < -0.4 is 5.32 Å². The summed E-state index contributed by atoms with van der Waals surface area (Å²) in [7, 11) is 0. The minimum absolute atomic E-state index is 0.0611. The number of benzene rings is 1. The molecule has 6 nitrogen and oxygen atoms in total. The van der Waals surface area contributed by atoms with Crippen LogP contribution in [-0.4, -0.2) is 20.0 Å². The van der Waals surface area contributed by atoms with Crippen LogP contribution in [0.15, 0.2) is 40.9 Å². The normalized spacial score (nSPS) is 22.9. The Morgan fingerprint density at radius 2 is 2.08 bits per heavy atom. The van der Waals surface area contributed by atoms with E-state index in [2.05, 4.69) is 63.4 Å². The molecule has 1 aliphatic rings. The number of hydrogen-bond acceptors (Lipinski definition) is 5. The smallest absolute Gasteiger partial charge is 0.253 e. The Morgan fingerprint density at radius 3 is 2.75 bits per heavy atom. The van der Waals surface area contributed by atoms with Crippen molar-refractivity contribution in [2.75, 3.05) is 5.32 Å². The molecule has 0 saturated heterocycles. The van der Waals surface area contributed by atoms with E-state index in [4.69, 9.17) is 4.42 Å². The molecule has 24 heavy (non-hydrogen) atoms. The lowest BCUT2D eigenvalue weighted by molar-refractivity contribution is 0.227. The molecule has 0 spiro atoms. The zero-order valence-corrected chi connectivity index (χ0v) is 14.2. The number of aromatic nitrogens is 4. The molecule has 3 aromatic rings. The SMILES string of the molecule is CCC1(C)CC(c2ccccc2)Nc2c(-c3nnc(C)o3)cnn21. The Labute approximate surface area is 140 Å². The number of nitrogens with one attached hydrogen (secondary N) is 1. The van der Waals surface area contributed by atoms with Crippen LogP contribution in [0.4, 0.5) is 5.82 Å². The summed E-state index contributed by atoms with van der Waals surface area (Å²) in [5.74, 6) is 2.01. The molecule has 124 valence electrons. The maximum atomic E-state index is 5.62. The first-order valence-corrected chi connectivity index (χ1v) is 8.31. The first kappa shape index (κ1) is 14.9. The minimum Gasteiger partial charge on any atom is -0.421 e. The van der Waals surface area contributed by atoms with E-state index in [-0.39, 0.29) is 11.6 Å². The third-order valence-electron chi connectivity index (χ3n) is 4.96. The summed E-state index contributed by atoms with van der Waals surface area (Å²) in [5.41, 5.74) is 2.07. The van der Waals surface area contributed by atoms with Crippen LogP contribution in [0.5, 0.6) is 0 Å². The van der Waals surface area contributed by atoms with Gasteiger partial charge in [0.05, 0.1) is 17.8 Å². The van der Waals surface area contributed by atoms with Crippen LogP contribution in [-0.2, 0) is 5.54 Å². The molecule has 0 saturated carbocycles. The molecule has 0 radical (unpaired) electrons. The van der Waals surface area contributed by atoms with Crippen molar-refractivity contribution in [2.24, 2.45) is 0 Å². The summed E-state index contributed by atoms with van der Waals surface area (Å²) < 4.78 is 7.69. The average Bonchev–Trinajstić information content (AvgIpc) is 3.22. The van der Waals surface area contributed by atoms with Crippen molar-refractivity contribution in [3.05, 3.63) is 48.0 Å². The molecule has 0 fully saturated rings.